The lowest BCUT2D eigenvalue weighted by Crippen LogP contribution is -2.15. The Bertz CT molecular complexity index is 341. The number of thioether (sulfide) groups is 1. The van der Waals surface area contributed by atoms with Gasteiger partial charge in [-0.15, -0.1) is 0 Å². The van der Waals surface area contributed by atoms with Crippen molar-refractivity contribution in [1.82, 2.24) is 10.1 Å². The Balaban J connectivity index is 2.36. The zero-order valence-electron chi connectivity index (χ0n) is 12.4. The van der Waals surface area contributed by atoms with Crippen LogP contribution in [0.15, 0.2) is 4.52 Å². The van der Waals surface area contributed by atoms with Gasteiger partial charge in [0, 0.05) is 6.42 Å². The largest absolute Gasteiger partial charge is 0.339 e. The molecule has 1 unspecified atom stereocenters. The quantitative estimate of drug-likeness (QED) is 0.668. The number of nitrogens with zero attached hydrogens (tertiary/aromatic N) is 2. The van der Waals surface area contributed by atoms with Crippen molar-refractivity contribution in [2.45, 2.75) is 52.2 Å². The Hall–Kier alpha value is -0.550. The van der Waals surface area contributed by atoms with E-state index in [-0.39, 0.29) is 0 Å². The minimum Gasteiger partial charge on any atom is -0.339 e. The number of hydrogen-bond acceptors (Lipinski definition) is 5. The first kappa shape index (κ1) is 16.5. The van der Waals surface area contributed by atoms with E-state index in [0.717, 1.165) is 49.0 Å². The van der Waals surface area contributed by atoms with Crippen molar-refractivity contribution in [1.29, 1.82) is 0 Å². The normalized spacial score (nSPS) is 13.1. The third kappa shape index (κ3) is 6.43. The van der Waals surface area contributed by atoms with Crippen LogP contribution in [0.1, 0.15) is 51.7 Å². The monoisotopic (exact) mass is 285 g/mol. The molecule has 2 N–H and O–H groups in total. The summed E-state index contributed by atoms with van der Waals surface area (Å²) in [5.74, 6) is 4.91. The van der Waals surface area contributed by atoms with E-state index in [9.17, 15) is 0 Å². The van der Waals surface area contributed by atoms with Crippen LogP contribution in [0.3, 0.4) is 0 Å². The SMILES string of the molecule is CCCSCc1noc(CCC(CCN)C(C)C)n1. The van der Waals surface area contributed by atoms with Gasteiger partial charge in [0.2, 0.25) is 5.89 Å². The van der Waals surface area contributed by atoms with Crippen LogP contribution in [0, 0.1) is 11.8 Å². The molecule has 5 heteroatoms. The summed E-state index contributed by atoms with van der Waals surface area (Å²) in [6.07, 6.45) is 4.21. The highest BCUT2D eigenvalue weighted by Gasteiger charge is 2.14. The molecule has 1 atom stereocenters. The van der Waals surface area contributed by atoms with Gasteiger partial charge in [0.05, 0.1) is 5.75 Å². The molecule has 0 aromatic carbocycles. The average molecular weight is 285 g/mol. The maximum atomic E-state index is 5.65. The van der Waals surface area contributed by atoms with Gasteiger partial charge in [-0.2, -0.15) is 16.7 Å². The molecule has 4 nitrogen and oxygen atoms in total. The highest BCUT2D eigenvalue weighted by molar-refractivity contribution is 7.98. The number of hydrogen-bond donors (Lipinski definition) is 1. The van der Waals surface area contributed by atoms with Crippen molar-refractivity contribution < 1.29 is 4.52 Å². The van der Waals surface area contributed by atoms with E-state index in [0.29, 0.717) is 11.8 Å². The molecule has 1 aromatic heterocycles. The number of rotatable bonds is 10. The summed E-state index contributed by atoms with van der Waals surface area (Å²) in [5.41, 5.74) is 5.65. The van der Waals surface area contributed by atoms with Crippen LogP contribution in [0.2, 0.25) is 0 Å². The van der Waals surface area contributed by atoms with Crippen LogP contribution in [0.25, 0.3) is 0 Å². The van der Waals surface area contributed by atoms with Gasteiger partial charge in [0.1, 0.15) is 0 Å². The van der Waals surface area contributed by atoms with E-state index < -0.39 is 0 Å². The lowest BCUT2D eigenvalue weighted by molar-refractivity contribution is 0.313. The van der Waals surface area contributed by atoms with E-state index in [1.807, 2.05) is 11.8 Å². The summed E-state index contributed by atoms with van der Waals surface area (Å²) in [5, 5.41) is 4.03. The van der Waals surface area contributed by atoms with Gasteiger partial charge in [0.15, 0.2) is 5.82 Å². The average Bonchev–Trinajstić information content (AvgIpc) is 2.82. The standard InChI is InChI=1S/C14H27N3OS/c1-4-9-19-10-13-16-14(18-17-13)6-5-12(7-8-15)11(2)3/h11-12H,4-10,15H2,1-3H3. The summed E-state index contributed by atoms with van der Waals surface area (Å²) >= 11 is 1.86. The molecule has 0 saturated carbocycles. The summed E-state index contributed by atoms with van der Waals surface area (Å²) in [7, 11) is 0. The first-order valence-corrected chi connectivity index (χ1v) is 8.42. The summed E-state index contributed by atoms with van der Waals surface area (Å²) < 4.78 is 5.30. The van der Waals surface area contributed by atoms with Crippen LogP contribution < -0.4 is 5.73 Å². The fourth-order valence-electron chi connectivity index (χ4n) is 2.09. The molecule has 1 heterocycles. The molecular formula is C14H27N3OS. The van der Waals surface area contributed by atoms with Gasteiger partial charge in [-0.3, -0.25) is 0 Å². The highest BCUT2D eigenvalue weighted by atomic mass is 32.2. The zero-order chi connectivity index (χ0) is 14.1. The Labute approximate surface area is 120 Å². The summed E-state index contributed by atoms with van der Waals surface area (Å²) in [6.45, 7) is 7.44. The van der Waals surface area contributed by atoms with Crippen molar-refractivity contribution in [3.8, 4) is 0 Å². The maximum absolute atomic E-state index is 5.65. The molecule has 0 amide bonds. The van der Waals surface area contributed by atoms with Crippen LogP contribution in [-0.2, 0) is 12.2 Å². The third-order valence-electron chi connectivity index (χ3n) is 3.30. The lowest BCUT2D eigenvalue weighted by Gasteiger charge is -2.18. The van der Waals surface area contributed by atoms with E-state index in [1.54, 1.807) is 0 Å². The van der Waals surface area contributed by atoms with E-state index >= 15 is 0 Å². The molecule has 110 valence electrons. The number of aromatic nitrogens is 2. The van der Waals surface area contributed by atoms with Crippen LogP contribution in [0.5, 0.6) is 0 Å². The van der Waals surface area contributed by atoms with E-state index in [1.165, 1.54) is 6.42 Å². The molecule has 1 rings (SSSR count). The minimum absolute atomic E-state index is 0.648. The molecular weight excluding hydrogens is 258 g/mol. The second kappa shape index (κ2) is 9.37. The van der Waals surface area contributed by atoms with E-state index in [2.05, 4.69) is 30.9 Å². The molecule has 0 radical (unpaired) electrons. The molecule has 0 bridgehead atoms. The Morgan fingerprint density at radius 2 is 2.11 bits per heavy atom. The fourth-order valence-corrected chi connectivity index (χ4v) is 2.82. The molecule has 0 fully saturated rings. The van der Waals surface area contributed by atoms with Crippen molar-refractivity contribution >= 4 is 11.8 Å². The molecule has 0 aliphatic carbocycles. The number of aryl methyl sites for hydroxylation is 1. The second-order valence-corrected chi connectivity index (χ2v) is 6.38. The Kier molecular flexibility index (Phi) is 8.14. The van der Waals surface area contributed by atoms with Crippen LogP contribution >= 0.6 is 11.8 Å². The number of nitrogens with two attached hydrogens (primary N) is 1. The van der Waals surface area contributed by atoms with Gasteiger partial charge in [-0.25, -0.2) is 0 Å². The van der Waals surface area contributed by atoms with Crippen LogP contribution in [-0.4, -0.2) is 22.4 Å². The molecule has 0 aliphatic rings. The molecule has 0 saturated heterocycles. The van der Waals surface area contributed by atoms with Gasteiger partial charge < -0.3 is 10.3 Å². The minimum atomic E-state index is 0.648. The maximum Gasteiger partial charge on any atom is 0.226 e. The van der Waals surface area contributed by atoms with Gasteiger partial charge in [0.25, 0.3) is 0 Å². The molecule has 0 aliphatic heterocycles. The fraction of sp³-hybridized carbons (Fsp3) is 0.857. The Morgan fingerprint density at radius 3 is 2.74 bits per heavy atom. The lowest BCUT2D eigenvalue weighted by atomic mass is 9.88. The topological polar surface area (TPSA) is 64.9 Å². The molecule has 1 aromatic rings. The van der Waals surface area contributed by atoms with Crippen molar-refractivity contribution in [2.75, 3.05) is 12.3 Å². The second-order valence-electron chi connectivity index (χ2n) is 5.28. The van der Waals surface area contributed by atoms with Crippen molar-refractivity contribution in [3.05, 3.63) is 11.7 Å². The van der Waals surface area contributed by atoms with Crippen LogP contribution in [0.4, 0.5) is 0 Å². The summed E-state index contributed by atoms with van der Waals surface area (Å²) in [6, 6.07) is 0. The van der Waals surface area contributed by atoms with Gasteiger partial charge in [-0.05, 0) is 43.4 Å². The smallest absolute Gasteiger partial charge is 0.226 e. The molecule has 19 heavy (non-hydrogen) atoms. The zero-order valence-corrected chi connectivity index (χ0v) is 13.2. The van der Waals surface area contributed by atoms with Gasteiger partial charge >= 0.3 is 0 Å². The highest BCUT2D eigenvalue weighted by Crippen LogP contribution is 2.21. The van der Waals surface area contributed by atoms with Gasteiger partial charge in [-0.1, -0.05) is 25.9 Å². The predicted octanol–water partition coefficient (Wildman–Crippen LogP) is 3.27. The molecule has 0 spiro atoms. The van der Waals surface area contributed by atoms with Crippen molar-refractivity contribution in [2.24, 2.45) is 17.6 Å². The summed E-state index contributed by atoms with van der Waals surface area (Å²) in [4.78, 5) is 4.44. The predicted molar refractivity (Wildman–Crippen MR) is 81.1 cm³/mol. The first-order valence-electron chi connectivity index (χ1n) is 7.26. The Morgan fingerprint density at radius 1 is 1.32 bits per heavy atom. The van der Waals surface area contributed by atoms with E-state index in [4.69, 9.17) is 10.3 Å². The third-order valence-corrected chi connectivity index (χ3v) is 4.46. The van der Waals surface area contributed by atoms with Crippen molar-refractivity contribution in [3.63, 3.8) is 0 Å². The first-order chi connectivity index (χ1) is 9.17.